The van der Waals surface area contributed by atoms with Gasteiger partial charge >= 0.3 is 12.2 Å². The van der Waals surface area contributed by atoms with Gasteiger partial charge in [-0.2, -0.15) is 0 Å². The van der Waals surface area contributed by atoms with Crippen molar-refractivity contribution in [2.24, 2.45) is 11.8 Å². The van der Waals surface area contributed by atoms with Crippen LogP contribution < -0.4 is 20.1 Å². The zero-order valence-electron chi connectivity index (χ0n) is 35.8. The molecule has 2 saturated heterocycles. The molecule has 4 N–H and O–H groups in total. The Morgan fingerprint density at radius 3 is 1.84 bits per heavy atom. The number of aromatic amines is 2. The van der Waals surface area contributed by atoms with Crippen LogP contribution in [0, 0.1) is 11.8 Å². The van der Waals surface area contributed by atoms with Gasteiger partial charge in [0, 0.05) is 52.2 Å². The Kier molecular flexibility index (Phi) is 12.4. The van der Waals surface area contributed by atoms with Gasteiger partial charge in [-0.05, 0) is 67.9 Å². The molecule has 15 nitrogen and oxygen atoms in total. The highest BCUT2D eigenvalue weighted by atomic mass is 35.5. The largest absolute Gasteiger partial charge is 0.488 e. The number of halogens is 2. The lowest BCUT2D eigenvalue weighted by Crippen LogP contribution is -2.51. The zero-order chi connectivity index (χ0) is 44.0. The fourth-order valence-electron chi connectivity index (χ4n) is 9.28. The summed E-state index contributed by atoms with van der Waals surface area (Å²) in [6.45, 7) is 9.49. The summed E-state index contributed by atoms with van der Waals surface area (Å²) in [4.78, 5) is 67.5. The molecule has 17 heteroatoms. The van der Waals surface area contributed by atoms with Crippen LogP contribution in [0.2, 0.25) is 10.2 Å². The second-order valence-corrected chi connectivity index (χ2v) is 17.5. The summed E-state index contributed by atoms with van der Waals surface area (Å²) < 4.78 is 22.6. The maximum absolute atomic E-state index is 13.9. The Bertz CT molecular complexity index is 2180. The van der Waals surface area contributed by atoms with Crippen molar-refractivity contribution in [1.29, 1.82) is 0 Å². The summed E-state index contributed by atoms with van der Waals surface area (Å²) in [5.74, 6) is 1.44. The van der Waals surface area contributed by atoms with E-state index >= 15 is 0 Å². The molecule has 4 amide bonds. The van der Waals surface area contributed by atoms with Crippen LogP contribution in [0.1, 0.15) is 101 Å². The predicted octanol–water partition coefficient (Wildman–Crippen LogP) is 8.70. The van der Waals surface area contributed by atoms with E-state index in [0.717, 1.165) is 58.3 Å². The number of ether oxygens (including phenoxy) is 4. The number of nitrogens with zero attached hydrogens (tertiary/aromatic N) is 3. The molecule has 6 atom stereocenters. The number of hydrogen-bond donors (Lipinski definition) is 4. The first-order valence-electron chi connectivity index (χ1n) is 21.4. The molecule has 330 valence electrons. The number of rotatable bonds is 12. The van der Waals surface area contributed by atoms with E-state index in [4.69, 9.17) is 47.1 Å². The molecule has 0 radical (unpaired) electrons. The fourth-order valence-corrected chi connectivity index (χ4v) is 9.80. The van der Waals surface area contributed by atoms with Gasteiger partial charge in [-0.3, -0.25) is 9.59 Å². The van der Waals surface area contributed by atoms with Gasteiger partial charge < -0.3 is 49.3 Å². The Morgan fingerprint density at radius 2 is 1.29 bits per heavy atom. The average molecular weight is 891 g/mol. The molecule has 4 aliphatic heterocycles. The number of imidazole rings is 1. The number of methoxy groups -OCH3 is 2. The average Bonchev–Trinajstić information content (AvgIpc) is 4.12. The molecule has 0 saturated carbocycles. The van der Waals surface area contributed by atoms with E-state index in [0.29, 0.717) is 71.2 Å². The van der Waals surface area contributed by atoms with Crippen molar-refractivity contribution in [3.63, 3.8) is 0 Å². The van der Waals surface area contributed by atoms with Crippen molar-refractivity contribution < 1.29 is 38.1 Å². The molecule has 8 rings (SSSR count). The van der Waals surface area contributed by atoms with Crippen molar-refractivity contribution in [2.75, 3.05) is 27.3 Å². The molecular formula is C45H53Cl2N7O8. The number of nitrogens with one attached hydrogen (secondary N) is 4. The van der Waals surface area contributed by atoms with Gasteiger partial charge in [-0.25, -0.2) is 14.6 Å². The summed E-state index contributed by atoms with van der Waals surface area (Å²) in [6, 6.07) is 7.86. The van der Waals surface area contributed by atoms with Crippen molar-refractivity contribution in [3.8, 4) is 45.1 Å². The molecular weight excluding hydrogens is 837 g/mol. The Hall–Kier alpha value is -5.41. The topological polar surface area (TPSA) is 180 Å². The van der Waals surface area contributed by atoms with Gasteiger partial charge in [0.05, 0.1) is 37.0 Å². The number of carbonyl (C=O) groups excluding carboxylic acids is 4. The van der Waals surface area contributed by atoms with E-state index in [1.54, 1.807) is 4.90 Å². The highest BCUT2D eigenvalue weighted by Gasteiger charge is 2.40. The standard InChI is InChI=1S/C45H53Cl2N7O8/c1-7-22(3)36(50-44(57)59-5)42(55)53-13-9-11-30(53)29-19-28(46)38(48-29)24-15-26-20-62-33-18-25(16-27-21-61-32(17-24)34(26)35(27)33)39-40(47)52-41(49-39)31-12-10-14-54(31)43(56)37(23(4)8-2)51-45(58)60-6/h15-19,22-23,30-31,36-37,48H,7-14,20-21H2,1-6H3,(H,49,52)(H,50,57)(H,51,58)/t22-,23-,30-,31-,36-,37-/m0/s1. The number of benzene rings is 2. The first-order valence-corrected chi connectivity index (χ1v) is 22.1. The van der Waals surface area contributed by atoms with Gasteiger partial charge in [0.1, 0.15) is 53.5 Å². The van der Waals surface area contributed by atoms with Gasteiger partial charge in [0.2, 0.25) is 11.8 Å². The van der Waals surface area contributed by atoms with Crippen LogP contribution in [0.4, 0.5) is 9.59 Å². The SMILES string of the molecule is CC[C@H](C)[C@H](NC(=O)OC)C(=O)N1CCC[C@H]1c1cc(Cl)c(-c2cc3c4c(c2)OCc2cc(-c5nc([C@@H]6CCCN6C(=O)[C@@H](NC(=O)OC)[C@@H](C)CC)[nH]c5Cl)cc(c2-4)OC3)[nH]1. The Labute approximate surface area is 370 Å². The maximum Gasteiger partial charge on any atom is 0.407 e. The molecule has 0 aliphatic carbocycles. The minimum Gasteiger partial charge on any atom is -0.488 e. The molecule has 62 heavy (non-hydrogen) atoms. The molecule has 6 heterocycles. The van der Waals surface area contributed by atoms with Crippen LogP contribution in [0.15, 0.2) is 30.3 Å². The smallest absolute Gasteiger partial charge is 0.407 e. The summed E-state index contributed by atoms with van der Waals surface area (Å²) in [5, 5.41) is 6.36. The summed E-state index contributed by atoms with van der Waals surface area (Å²) in [7, 11) is 2.57. The number of carbonyl (C=O) groups is 4. The van der Waals surface area contributed by atoms with E-state index in [-0.39, 0.29) is 48.9 Å². The Balaban J connectivity index is 1.04. The lowest BCUT2D eigenvalue weighted by Gasteiger charge is -2.31. The molecule has 2 aromatic heterocycles. The predicted molar refractivity (Wildman–Crippen MR) is 233 cm³/mol. The van der Waals surface area contributed by atoms with Crippen LogP contribution in [-0.2, 0) is 32.3 Å². The number of alkyl carbamates (subject to hydrolysis) is 2. The third kappa shape index (κ3) is 7.93. The van der Waals surface area contributed by atoms with Gasteiger partial charge in [0.15, 0.2) is 0 Å². The molecule has 4 aromatic rings. The fraction of sp³-hybridized carbons (Fsp3) is 0.489. The van der Waals surface area contributed by atoms with E-state index < -0.39 is 24.3 Å². The first kappa shape index (κ1) is 43.2. The normalized spacial score (nSPS) is 19.4. The highest BCUT2D eigenvalue weighted by molar-refractivity contribution is 6.33. The van der Waals surface area contributed by atoms with Crippen molar-refractivity contribution in [2.45, 2.75) is 104 Å². The van der Waals surface area contributed by atoms with E-state index in [1.165, 1.54) is 14.2 Å². The molecule has 2 aromatic carbocycles. The van der Waals surface area contributed by atoms with E-state index in [9.17, 15) is 19.2 Å². The number of aromatic nitrogens is 3. The number of H-pyrrole nitrogens is 2. The molecule has 2 fully saturated rings. The quantitative estimate of drug-likeness (QED) is 0.108. The zero-order valence-corrected chi connectivity index (χ0v) is 37.3. The molecule has 0 unspecified atom stereocenters. The minimum atomic E-state index is -0.739. The third-order valence-electron chi connectivity index (χ3n) is 13.0. The second-order valence-electron chi connectivity index (χ2n) is 16.7. The van der Waals surface area contributed by atoms with Crippen molar-refractivity contribution in [1.82, 2.24) is 35.4 Å². The van der Waals surface area contributed by atoms with Gasteiger partial charge in [-0.15, -0.1) is 0 Å². The molecule has 0 spiro atoms. The van der Waals surface area contributed by atoms with E-state index in [2.05, 4.69) is 26.7 Å². The van der Waals surface area contributed by atoms with Crippen molar-refractivity contribution >= 4 is 47.2 Å². The number of hydrogen-bond acceptors (Lipinski definition) is 9. The minimum absolute atomic E-state index is 0.0900. The third-order valence-corrected chi connectivity index (χ3v) is 13.6. The first-order chi connectivity index (χ1) is 29.8. The van der Waals surface area contributed by atoms with Crippen molar-refractivity contribution in [3.05, 3.63) is 63.2 Å². The lowest BCUT2D eigenvalue weighted by molar-refractivity contribution is -0.136. The van der Waals surface area contributed by atoms with Crippen LogP contribution in [0.3, 0.4) is 0 Å². The van der Waals surface area contributed by atoms with E-state index in [1.807, 2.05) is 56.9 Å². The summed E-state index contributed by atoms with van der Waals surface area (Å²) >= 11 is 13.8. The highest BCUT2D eigenvalue weighted by Crippen LogP contribution is 2.52. The lowest BCUT2D eigenvalue weighted by atomic mass is 9.87. The number of amides is 4. The number of likely N-dealkylation sites (tertiary alicyclic amines) is 2. The van der Waals surface area contributed by atoms with Crippen LogP contribution in [-0.4, -0.2) is 88.1 Å². The second kappa shape index (κ2) is 17.8. The Morgan fingerprint density at radius 1 is 0.774 bits per heavy atom. The summed E-state index contributed by atoms with van der Waals surface area (Å²) in [6.07, 6.45) is 3.16. The monoisotopic (exact) mass is 889 g/mol. The maximum atomic E-state index is 13.9. The van der Waals surface area contributed by atoms with Gasteiger partial charge in [-0.1, -0.05) is 63.7 Å². The van der Waals surface area contributed by atoms with Gasteiger partial charge in [0.25, 0.3) is 0 Å². The molecule has 4 aliphatic rings. The van der Waals surface area contributed by atoms with Crippen LogP contribution in [0.25, 0.3) is 33.6 Å². The molecule has 0 bridgehead atoms. The summed E-state index contributed by atoms with van der Waals surface area (Å²) in [5.41, 5.74) is 7.42. The van der Waals surface area contributed by atoms with Crippen LogP contribution >= 0.6 is 23.2 Å². The van der Waals surface area contributed by atoms with Crippen LogP contribution in [0.5, 0.6) is 11.5 Å².